The SMILES string of the molecule is Cc1sc(CCO)nc1C1CCNC1. The number of aliphatic hydroxyl groups is 1. The number of nitrogens with one attached hydrogen (secondary N) is 1. The van der Waals surface area contributed by atoms with Crippen LogP contribution in [0, 0.1) is 6.92 Å². The molecule has 0 radical (unpaired) electrons. The average molecular weight is 212 g/mol. The monoisotopic (exact) mass is 212 g/mol. The van der Waals surface area contributed by atoms with Gasteiger partial charge in [-0.3, -0.25) is 0 Å². The molecule has 78 valence electrons. The van der Waals surface area contributed by atoms with Gasteiger partial charge in [-0.25, -0.2) is 4.98 Å². The van der Waals surface area contributed by atoms with Crippen LogP contribution in [0.4, 0.5) is 0 Å². The molecule has 0 spiro atoms. The maximum Gasteiger partial charge on any atom is 0.0953 e. The number of hydrogen-bond acceptors (Lipinski definition) is 4. The fourth-order valence-electron chi connectivity index (χ4n) is 1.93. The molecule has 1 aliphatic heterocycles. The largest absolute Gasteiger partial charge is 0.396 e. The van der Waals surface area contributed by atoms with Crippen LogP contribution in [0.25, 0.3) is 0 Å². The Morgan fingerprint density at radius 1 is 1.64 bits per heavy atom. The van der Waals surface area contributed by atoms with E-state index in [2.05, 4.69) is 17.2 Å². The molecule has 2 N–H and O–H groups in total. The highest BCUT2D eigenvalue weighted by molar-refractivity contribution is 7.11. The van der Waals surface area contributed by atoms with E-state index in [1.165, 1.54) is 17.0 Å². The summed E-state index contributed by atoms with van der Waals surface area (Å²) < 4.78 is 0. The predicted molar refractivity (Wildman–Crippen MR) is 57.9 cm³/mol. The second-order valence-electron chi connectivity index (χ2n) is 3.71. The Hall–Kier alpha value is -0.450. The first-order chi connectivity index (χ1) is 6.81. The molecule has 1 aromatic heterocycles. The second kappa shape index (κ2) is 4.38. The van der Waals surface area contributed by atoms with E-state index in [1.807, 2.05) is 0 Å². The Morgan fingerprint density at radius 3 is 3.14 bits per heavy atom. The normalized spacial score (nSPS) is 21.7. The van der Waals surface area contributed by atoms with Gasteiger partial charge in [0.2, 0.25) is 0 Å². The maximum absolute atomic E-state index is 8.84. The number of hydrogen-bond donors (Lipinski definition) is 2. The van der Waals surface area contributed by atoms with Crippen molar-refractivity contribution in [1.82, 2.24) is 10.3 Å². The zero-order valence-electron chi connectivity index (χ0n) is 8.42. The van der Waals surface area contributed by atoms with Gasteiger partial charge in [0.1, 0.15) is 0 Å². The zero-order valence-corrected chi connectivity index (χ0v) is 9.23. The van der Waals surface area contributed by atoms with Crippen molar-refractivity contribution in [1.29, 1.82) is 0 Å². The molecule has 1 aromatic rings. The number of aliphatic hydroxyl groups excluding tert-OH is 1. The highest BCUT2D eigenvalue weighted by Gasteiger charge is 2.21. The fourth-order valence-corrected chi connectivity index (χ4v) is 2.94. The summed E-state index contributed by atoms with van der Waals surface area (Å²) in [6.45, 7) is 4.50. The molecule has 3 nitrogen and oxygen atoms in total. The molecule has 0 aliphatic carbocycles. The van der Waals surface area contributed by atoms with Crippen LogP contribution in [-0.2, 0) is 6.42 Å². The van der Waals surface area contributed by atoms with Crippen LogP contribution in [0.15, 0.2) is 0 Å². The van der Waals surface area contributed by atoms with Crippen LogP contribution in [0.3, 0.4) is 0 Å². The van der Waals surface area contributed by atoms with Gasteiger partial charge in [0, 0.05) is 30.4 Å². The number of aromatic nitrogens is 1. The van der Waals surface area contributed by atoms with Crippen LogP contribution in [0.1, 0.15) is 27.9 Å². The van der Waals surface area contributed by atoms with Crippen molar-refractivity contribution < 1.29 is 5.11 Å². The molecule has 1 aliphatic rings. The van der Waals surface area contributed by atoms with E-state index in [0.29, 0.717) is 12.3 Å². The summed E-state index contributed by atoms with van der Waals surface area (Å²) in [5, 5.41) is 13.3. The van der Waals surface area contributed by atoms with Crippen LogP contribution in [0.2, 0.25) is 0 Å². The number of nitrogens with zero attached hydrogens (tertiary/aromatic N) is 1. The number of aryl methyl sites for hydroxylation is 1. The molecule has 2 rings (SSSR count). The molecule has 1 saturated heterocycles. The van der Waals surface area contributed by atoms with Crippen molar-refractivity contribution in [2.45, 2.75) is 25.7 Å². The lowest BCUT2D eigenvalue weighted by Crippen LogP contribution is -2.08. The topological polar surface area (TPSA) is 45.2 Å². The Bertz CT molecular complexity index is 305. The van der Waals surface area contributed by atoms with E-state index in [0.717, 1.165) is 18.1 Å². The average Bonchev–Trinajstić information content (AvgIpc) is 2.74. The van der Waals surface area contributed by atoms with Gasteiger partial charge >= 0.3 is 0 Å². The van der Waals surface area contributed by atoms with Crippen molar-refractivity contribution in [3.8, 4) is 0 Å². The third-order valence-corrected chi connectivity index (χ3v) is 3.70. The van der Waals surface area contributed by atoms with Crippen LogP contribution in [-0.4, -0.2) is 29.8 Å². The van der Waals surface area contributed by atoms with Gasteiger partial charge < -0.3 is 10.4 Å². The minimum Gasteiger partial charge on any atom is -0.396 e. The molecule has 0 bridgehead atoms. The lowest BCUT2D eigenvalue weighted by atomic mass is 10.0. The quantitative estimate of drug-likeness (QED) is 0.787. The van der Waals surface area contributed by atoms with Crippen molar-refractivity contribution in [3.63, 3.8) is 0 Å². The van der Waals surface area contributed by atoms with E-state index >= 15 is 0 Å². The van der Waals surface area contributed by atoms with Crippen molar-refractivity contribution >= 4 is 11.3 Å². The van der Waals surface area contributed by atoms with Crippen LogP contribution in [0.5, 0.6) is 0 Å². The number of rotatable bonds is 3. The first kappa shape index (κ1) is 10.1. The van der Waals surface area contributed by atoms with Crippen molar-refractivity contribution in [2.24, 2.45) is 0 Å². The Morgan fingerprint density at radius 2 is 2.50 bits per heavy atom. The van der Waals surface area contributed by atoms with E-state index in [9.17, 15) is 0 Å². The van der Waals surface area contributed by atoms with Crippen LogP contribution < -0.4 is 5.32 Å². The van der Waals surface area contributed by atoms with Gasteiger partial charge in [-0.1, -0.05) is 0 Å². The molecule has 4 heteroatoms. The molecule has 1 atom stereocenters. The predicted octanol–water partition coefficient (Wildman–Crippen LogP) is 1.06. The third kappa shape index (κ3) is 1.97. The van der Waals surface area contributed by atoms with Gasteiger partial charge in [-0.15, -0.1) is 11.3 Å². The Kier molecular flexibility index (Phi) is 3.15. The van der Waals surface area contributed by atoms with E-state index < -0.39 is 0 Å². The molecule has 0 saturated carbocycles. The van der Waals surface area contributed by atoms with Gasteiger partial charge in [-0.2, -0.15) is 0 Å². The van der Waals surface area contributed by atoms with Gasteiger partial charge in [-0.05, 0) is 19.9 Å². The summed E-state index contributed by atoms with van der Waals surface area (Å²) in [6, 6.07) is 0. The minimum absolute atomic E-state index is 0.204. The van der Waals surface area contributed by atoms with E-state index in [1.54, 1.807) is 11.3 Å². The summed E-state index contributed by atoms with van der Waals surface area (Å²) in [5.74, 6) is 0.596. The molecular formula is C10H16N2OS. The second-order valence-corrected chi connectivity index (χ2v) is 5.00. The summed E-state index contributed by atoms with van der Waals surface area (Å²) in [7, 11) is 0. The molecule has 14 heavy (non-hydrogen) atoms. The lowest BCUT2D eigenvalue weighted by molar-refractivity contribution is 0.299. The Balaban J connectivity index is 2.15. The minimum atomic E-state index is 0.204. The zero-order chi connectivity index (χ0) is 9.97. The van der Waals surface area contributed by atoms with Gasteiger partial charge in [0.25, 0.3) is 0 Å². The summed E-state index contributed by atoms with van der Waals surface area (Å²) >= 11 is 1.73. The molecule has 1 unspecified atom stereocenters. The van der Waals surface area contributed by atoms with Gasteiger partial charge in [0.15, 0.2) is 0 Å². The lowest BCUT2D eigenvalue weighted by Gasteiger charge is -2.04. The van der Waals surface area contributed by atoms with Crippen molar-refractivity contribution in [2.75, 3.05) is 19.7 Å². The summed E-state index contributed by atoms with van der Waals surface area (Å²) in [4.78, 5) is 5.92. The van der Waals surface area contributed by atoms with Crippen LogP contribution >= 0.6 is 11.3 Å². The molecule has 1 fully saturated rings. The molecule has 0 amide bonds. The highest BCUT2D eigenvalue weighted by atomic mass is 32.1. The fraction of sp³-hybridized carbons (Fsp3) is 0.700. The standard InChI is InChI=1S/C10H16N2OS/c1-7-10(8-2-4-11-6-8)12-9(14-7)3-5-13/h8,11,13H,2-6H2,1H3. The molecule has 0 aromatic carbocycles. The van der Waals surface area contributed by atoms with Crippen molar-refractivity contribution in [3.05, 3.63) is 15.6 Å². The first-order valence-electron chi connectivity index (χ1n) is 5.09. The summed E-state index contributed by atoms with van der Waals surface area (Å²) in [6.07, 6.45) is 1.90. The maximum atomic E-state index is 8.84. The Labute approximate surface area is 88.2 Å². The molecular weight excluding hydrogens is 196 g/mol. The first-order valence-corrected chi connectivity index (χ1v) is 5.90. The van der Waals surface area contributed by atoms with Gasteiger partial charge in [0.05, 0.1) is 10.7 Å². The third-order valence-electron chi connectivity index (χ3n) is 2.65. The van der Waals surface area contributed by atoms with E-state index in [4.69, 9.17) is 5.11 Å². The van der Waals surface area contributed by atoms with E-state index in [-0.39, 0.29) is 6.61 Å². The smallest absolute Gasteiger partial charge is 0.0953 e. The number of thiazole rings is 1. The molecule has 2 heterocycles. The highest BCUT2D eigenvalue weighted by Crippen LogP contribution is 2.28. The summed E-state index contributed by atoms with van der Waals surface area (Å²) in [5.41, 5.74) is 1.25.